The number of ether oxygens (including phenoxy) is 3. The van der Waals surface area contributed by atoms with E-state index in [1.165, 1.54) is 18.3 Å². The number of sulfonamides is 1. The third kappa shape index (κ3) is 7.51. The second kappa shape index (κ2) is 15.0. The number of nitrogens with zero attached hydrogens (tertiary/aromatic N) is 1. The Kier molecular flexibility index (Phi) is 10.8. The second-order valence-corrected chi connectivity index (χ2v) is 13.8. The van der Waals surface area contributed by atoms with Crippen molar-refractivity contribution in [2.75, 3.05) is 55.1 Å². The van der Waals surface area contributed by atoms with Crippen molar-refractivity contribution < 1.29 is 32.2 Å². The quantitative estimate of drug-likeness (QED) is 0.247. The maximum absolute atomic E-state index is 13.5. The Bertz CT molecular complexity index is 1850. The van der Waals surface area contributed by atoms with Crippen LogP contribution in [0.3, 0.4) is 0 Å². The van der Waals surface area contributed by atoms with Crippen LogP contribution in [0.1, 0.15) is 56.2 Å². The number of nitrogens with one attached hydrogen (secondary N) is 3. The molecular formula is C35H42N4O8S. The molecule has 5 rings (SSSR count). The fraction of sp³-hybridized carbons (Fsp3) is 0.400. The van der Waals surface area contributed by atoms with E-state index in [1.54, 1.807) is 50.6 Å². The average Bonchev–Trinajstić information content (AvgIpc) is 3.30. The molecule has 0 aromatic heterocycles. The second-order valence-electron chi connectivity index (χ2n) is 11.8. The predicted molar refractivity (Wildman–Crippen MR) is 186 cm³/mol. The number of rotatable bonds is 11. The minimum atomic E-state index is -3.31. The molecule has 13 heteroatoms. The molecule has 1 heterocycles. The van der Waals surface area contributed by atoms with Crippen LogP contribution >= 0.6 is 0 Å². The lowest BCUT2D eigenvalue weighted by molar-refractivity contribution is -0.119. The van der Waals surface area contributed by atoms with Crippen molar-refractivity contribution in [3.63, 3.8) is 0 Å². The first-order chi connectivity index (χ1) is 23.1. The van der Waals surface area contributed by atoms with E-state index in [2.05, 4.69) is 16.0 Å². The Morgan fingerprint density at radius 3 is 2.38 bits per heavy atom. The third-order valence-corrected chi connectivity index (χ3v) is 10.5. The monoisotopic (exact) mass is 678 g/mol. The third-order valence-electron chi connectivity index (χ3n) is 8.60. The fourth-order valence-electron chi connectivity index (χ4n) is 6.34. The first-order valence-electron chi connectivity index (χ1n) is 16.0. The molecule has 2 amide bonds. The van der Waals surface area contributed by atoms with E-state index < -0.39 is 16.1 Å². The molecule has 1 unspecified atom stereocenters. The Hall–Kier alpha value is -4.78. The van der Waals surface area contributed by atoms with Crippen molar-refractivity contribution >= 4 is 38.9 Å². The molecule has 12 nitrogen and oxygen atoms in total. The standard InChI is InChI=1S/C35H42N4O8S/c1-22(40)37-28-15-9-23-20-31(45-2)34(46-3)35(47-4)33(23)26-14-16-29(30(41)21-27(26)28)36-17-7-8-32(42)38-24-10-12-25(13-11-24)39-18-5-6-19-48(39,43)44/h10-14,16,20-21,28H,5-9,15,17-19H2,1-4H3,(H,36,41)(H,37,40)(H,38,42). The van der Waals surface area contributed by atoms with Gasteiger partial charge in [0.2, 0.25) is 33.0 Å². The van der Waals surface area contributed by atoms with Gasteiger partial charge in [-0.15, -0.1) is 0 Å². The summed E-state index contributed by atoms with van der Waals surface area (Å²) in [5, 5.41) is 9.02. The molecule has 0 saturated carbocycles. The van der Waals surface area contributed by atoms with Crippen molar-refractivity contribution in [3.8, 4) is 28.4 Å². The highest BCUT2D eigenvalue weighted by molar-refractivity contribution is 7.92. The summed E-state index contributed by atoms with van der Waals surface area (Å²) in [5.41, 5.74) is 4.35. The van der Waals surface area contributed by atoms with E-state index in [0.29, 0.717) is 78.6 Å². The van der Waals surface area contributed by atoms with Gasteiger partial charge in [0.15, 0.2) is 11.5 Å². The summed E-state index contributed by atoms with van der Waals surface area (Å²) in [6.07, 6.45) is 3.29. The van der Waals surface area contributed by atoms with Crippen LogP contribution in [0.2, 0.25) is 0 Å². The Morgan fingerprint density at radius 2 is 1.71 bits per heavy atom. The van der Waals surface area contributed by atoms with Gasteiger partial charge in [-0.1, -0.05) is 6.07 Å². The summed E-state index contributed by atoms with van der Waals surface area (Å²) in [6, 6.07) is 13.4. The fourth-order valence-corrected chi connectivity index (χ4v) is 7.98. The van der Waals surface area contributed by atoms with Gasteiger partial charge in [0.1, 0.15) is 0 Å². The van der Waals surface area contributed by atoms with Gasteiger partial charge in [-0.25, -0.2) is 8.42 Å². The number of carbonyl (C=O) groups is 2. The van der Waals surface area contributed by atoms with E-state index in [9.17, 15) is 22.8 Å². The molecule has 0 radical (unpaired) electrons. The van der Waals surface area contributed by atoms with Gasteiger partial charge in [0.05, 0.1) is 44.5 Å². The molecular weight excluding hydrogens is 636 g/mol. The number of anilines is 3. The molecule has 0 spiro atoms. The summed E-state index contributed by atoms with van der Waals surface area (Å²) in [5.74, 6) is 1.16. The van der Waals surface area contributed by atoms with Gasteiger partial charge in [0, 0.05) is 37.7 Å². The zero-order valence-corrected chi connectivity index (χ0v) is 28.5. The van der Waals surface area contributed by atoms with E-state index >= 15 is 0 Å². The largest absolute Gasteiger partial charge is 0.493 e. The number of fused-ring (bicyclic) bond motifs is 3. The topological polar surface area (TPSA) is 152 Å². The number of hydrogen-bond acceptors (Lipinski definition) is 9. The molecule has 3 aromatic rings. The van der Waals surface area contributed by atoms with Crippen LogP contribution in [0.4, 0.5) is 17.1 Å². The van der Waals surface area contributed by atoms with Crippen LogP contribution in [0.5, 0.6) is 17.2 Å². The predicted octanol–water partition coefficient (Wildman–Crippen LogP) is 4.62. The van der Waals surface area contributed by atoms with Crippen molar-refractivity contribution in [1.82, 2.24) is 5.32 Å². The van der Waals surface area contributed by atoms with Crippen molar-refractivity contribution in [2.24, 2.45) is 0 Å². The minimum absolute atomic E-state index is 0.141. The van der Waals surface area contributed by atoms with Crippen LogP contribution in [0.15, 0.2) is 53.3 Å². The van der Waals surface area contributed by atoms with Crippen LogP contribution in [0.25, 0.3) is 11.1 Å². The molecule has 1 fully saturated rings. The van der Waals surface area contributed by atoms with Gasteiger partial charge in [-0.05, 0) is 91.3 Å². The molecule has 1 aliphatic heterocycles. The molecule has 0 bridgehead atoms. The maximum atomic E-state index is 13.5. The molecule has 256 valence electrons. The van der Waals surface area contributed by atoms with Gasteiger partial charge in [0.25, 0.3) is 0 Å². The van der Waals surface area contributed by atoms with Gasteiger partial charge in [-0.3, -0.25) is 18.7 Å². The molecule has 48 heavy (non-hydrogen) atoms. The number of methoxy groups -OCH3 is 3. The lowest BCUT2D eigenvalue weighted by Gasteiger charge is -2.28. The Labute approximate surface area is 280 Å². The SMILES string of the molecule is COc1cc2c(c(OC)c1OC)-c1ccc(NCCCC(=O)Nc3ccc(N4CCCCS4(=O)=O)cc3)c(=O)cc1C(NC(C)=O)CC2. The summed E-state index contributed by atoms with van der Waals surface area (Å²) in [6.45, 7) is 2.27. The highest BCUT2D eigenvalue weighted by atomic mass is 32.2. The highest BCUT2D eigenvalue weighted by Crippen LogP contribution is 2.50. The van der Waals surface area contributed by atoms with Crippen molar-refractivity contribution in [3.05, 3.63) is 69.9 Å². The molecule has 1 atom stereocenters. The Morgan fingerprint density at radius 1 is 0.958 bits per heavy atom. The summed E-state index contributed by atoms with van der Waals surface area (Å²) >= 11 is 0. The smallest absolute Gasteiger partial charge is 0.235 e. The summed E-state index contributed by atoms with van der Waals surface area (Å²) < 4.78 is 43.3. The lowest BCUT2D eigenvalue weighted by Crippen LogP contribution is -2.37. The molecule has 1 aliphatic carbocycles. The zero-order valence-electron chi connectivity index (χ0n) is 27.7. The average molecular weight is 679 g/mol. The molecule has 3 aromatic carbocycles. The zero-order chi connectivity index (χ0) is 34.4. The van der Waals surface area contributed by atoms with Gasteiger partial charge >= 0.3 is 0 Å². The number of amides is 2. The molecule has 3 N–H and O–H groups in total. The number of aryl methyl sites for hydroxylation is 1. The van der Waals surface area contributed by atoms with E-state index in [0.717, 1.165) is 23.1 Å². The van der Waals surface area contributed by atoms with E-state index in [1.807, 2.05) is 12.1 Å². The van der Waals surface area contributed by atoms with Crippen LogP contribution in [0, 0.1) is 0 Å². The molecule has 2 aliphatic rings. The van der Waals surface area contributed by atoms with E-state index in [-0.39, 0.29) is 29.4 Å². The normalized spacial score (nSPS) is 16.4. The van der Waals surface area contributed by atoms with Crippen molar-refractivity contribution in [2.45, 2.75) is 51.5 Å². The summed E-state index contributed by atoms with van der Waals surface area (Å²) in [7, 11) is 1.34. The van der Waals surface area contributed by atoms with Crippen molar-refractivity contribution in [1.29, 1.82) is 0 Å². The first-order valence-corrected chi connectivity index (χ1v) is 17.6. The van der Waals surface area contributed by atoms with Crippen LogP contribution in [-0.2, 0) is 26.0 Å². The number of benzene rings is 2. The van der Waals surface area contributed by atoms with Crippen LogP contribution in [-0.4, -0.2) is 60.4 Å². The first kappa shape index (κ1) is 34.6. The number of hydrogen-bond donors (Lipinski definition) is 3. The minimum Gasteiger partial charge on any atom is -0.493 e. The van der Waals surface area contributed by atoms with Gasteiger partial charge in [-0.2, -0.15) is 0 Å². The lowest BCUT2D eigenvalue weighted by atomic mass is 9.95. The Balaban J connectivity index is 1.30. The van der Waals surface area contributed by atoms with E-state index in [4.69, 9.17) is 14.2 Å². The molecule has 1 saturated heterocycles. The van der Waals surface area contributed by atoms with Gasteiger partial charge < -0.3 is 30.2 Å². The summed E-state index contributed by atoms with van der Waals surface area (Å²) in [4.78, 5) is 38.4. The number of carbonyl (C=O) groups excluding carboxylic acids is 2. The maximum Gasteiger partial charge on any atom is 0.235 e. The van der Waals surface area contributed by atoms with Crippen LogP contribution < -0.4 is 39.9 Å². The highest BCUT2D eigenvalue weighted by Gasteiger charge is 2.30.